The summed E-state index contributed by atoms with van der Waals surface area (Å²) in [5.74, 6) is -11.5. The Morgan fingerprint density at radius 3 is 1.60 bits per heavy atom. The van der Waals surface area contributed by atoms with Crippen LogP contribution in [-0.4, -0.2) is 96.9 Å². The van der Waals surface area contributed by atoms with Crippen LogP contribution in [0.2, 0.25) is 0 Å². The van der Waals surface area contributed by atoms with E-state index >= 15 is 0 Å². The molecule has 15 heteroatoms. The molecule has 0 saturated heterocycles. The number of hydrogen-bond acceptors (Lipinski definition) is 11. The highest BCUT2D eigenvalue weighted by Crippen LogP contribution is 2.29. The van der Waals surface area contributed by atoms with Gasteiger partial charge in [0.1, 0.15) is 12.2 Å². The van der Waals surface area contributed by atoms with Crippen molar-refractivity contribution >= 4 is 35.8 Å². The Morgan fingerprint density at radius 1 is 0.660 bits per heavy atom. The average Bonchev–Trinajstić information content (AvgIpc) is 2.95. The summed E-state index contributed by atoms with van der Waals surface area (Å²) in [7, 11) is 0. The molecule has 9 unspecified atom stereocenters. The zero-order valence-electron chi connectivity index (χ0n) is 27.9. The summed E-state index contributed by atoms with van der Waals surface area (Å²) in [6, 6.07) is -0.479. The minimum Gasteiger partial charge on any atom is -0.481 e. The fraction of sp³-hybridized carbons (Fsp3) is 0.812. The van der Waals surface area contributed by atoms with E-state index in [1.54, 1.807) is 13.8 Å². The second-order valence-corrected chi connectivity index (χ2v) is 12.7. The minimum absolute atomic E-state index is 0.141. The number of hydrogen-bond donors (Lipinski definition) is 7. The Kier molecular flexibility index (Phi) is 21.5. The third-order valence-electron chi connectivity index (χ3n) is 8.10. The molecule has 0 amide bonds. The quantitative estimate of drug-likeness (QED) is 0.0486. The number of carboxylic acids is 4. The van der Waals surface area contributed by atoms with Gasteiger partial charge in [0, 0.05) is 12.5 Å². The van der Waals surface area contributed by atoms with Crippen LogP contribution in [-0.2, 0) is 38.2 Å². The number of esters is 2. The van der Waals surface area contributed by atoms with Gasteiger partial charge < -0.3 is 45.8 Å². The van der Waals surface area contributed by atoms with Crippen LogP contribution in [0.25, 0.3) is 0 Å². The Balaban J connectivity index is 6.01. The Morgan fingerprint density at radius 2 is 1.15 bits per heavy atom. The third kappa shape index (κ3) is 19.8. The van der Waals surface area contributed by atoms with Crippen molar-refractivity contribution < 1.29 is 68.9 Å². The van der Waals surface area contributed by atoms with Crippen molar-refractivity contribution in [1.29, 1.82) is 0 Å². The molecular weight excluding hydrogens is 622 g/mol. The number of aliphatic hydroxyl groups excluding tert-OH is 2. The van der Waals surface area contributed by atoms with Crippen LogP contribution >= 0.6 is 0 Å². The largest absolute Gasteiger partial charge is 0.481 e. The van der Waals surface area contributed by atoms with Crippen molar-refractivity contribution in [2.45, 2.75) is 142 Å². The fourth-order valence-electron chi connectivity index (χ4n) is 5.23. The zero-order valence-corrected chi connectivity index (χ0v) is 27.9. The van der Waals surface area contributed by atoms with E-state index in [2.05, 4.69) is 0 Å². The highest BCUT2D eigenvalue weighted by Gasteiger charge is 2.37. The monoisotopic (exact) mass is 677 g/mol. The smallest absolute Gasteiger partial charge is 0.307 e. The van der Waals surface area contributed by atoms with Gasteiger partial charge in [-0.3, -0.25) is 28.8 Å². The van der Waals surface area contributed by atoms with Gasteiger partial charge in [-0.2, -0.15) is 0 Å². The number of carboxylic acid groups (broad SMARTS) is 4. The van der Waals surface area contributed by atoms with Gasteiger partial charge in [-0.05, 0) is 38.0 Å². The molecular formula is C32H55NO14. The third-order valence-corrected chi connectivity index (χ3v) is 8.10. The van der Waals surface area contributed by atoms with Crippen molar-refractivity contribution in [3.63, 3.8) is 0 Å². The number of unbranched alkanes of at least 4 members (excludes halogenated alkanes) is 2. The van der Waals surface area contributed by atoms with Gasteiger partial charge in [-0.1, -0.05) is 52.9 Å². The maximum Gasteiger partial charge on any atom is 0.307 e. The molecule has 272 valence electrons. The van der Waals surface area contributed by atoms with Crippen molar-refractivity contribution in [2.24, 2.45) is 29.4 Å². The molecule has 9 atom stereocenters. The maximum absolute atomic E-state index is 13.0. The molecule has 47 heavy (non-hydrogen) atoms. The number of nitrogens with two attached hydrogens (primary N) is 1. The number of rotatable bonds is 27. The summed E-state index contributed by atoms with van der Waals surface area (Å²) >= 11 is 0. The van der Waals surface area contributed by atoms with Crippen LogP contribution in [0, 0.1) is 23.7 Å². The molecule has 0 aromatic heterocycles. The molecule has 0 radical (unpaired) electrons. The molecule has 15 nitrogen and oxygen atoms in total. The molecule has 0 aliphatic heterocycles. The second-order valence-electron chi connectivity index (χ2n) is 12.7. The molecule has 0 rings (SSSR count). The number of aliphatic hydroxyl groups is 2. The summed E-state index contributed by atoms with van der Waals surface area (Å²) in [4.78, 5) is 71.4. The van der Waals surface area contributed by atoms with Gasteiger partial charge in [0.25, 0.3) is 0 Å². The van der Waals surface area contributed by atoms with Gasteiger partial charge in [0.05, 0.1) is 49.7 Å². The van der Waals surface area contributed by atoms with E-state index in [1.165, 1.54) is 0 Å². The molecule has 0 aliphatic rings. The molecule has 8 N–H and O–H groups in total. The molecule has 0 fully saturated rings. The highest BCUT2D eigenvalue weighted by molar-refractivity contribution is 5.83. The topological polar surface area (TPSA) is 268 Å². The summed E-state index contributed by atoms with van der Waals surface area (Å²) in [6.45, 7) is 7.21. The van der Waals surface area contributed by atoms with Crippen molar-refractivity contribution in [1.82, 2.24) is 0 Å². The number of carbonyl (C=O) groups excluding carboxylic acids is 2. The molecule has 0 spiro atoms. The molecule has 0 heterocycles. The molecule has 0 bridgehead atoms. The van der Waals surface area contributed by atoms with Gasteiger partial charge >= 0.3 is 35.8 Å². The van der Waals surface area contributed by atoms with Crippen LogP contribution < -0.4 is 5.73 Å². The Labute approximate surface area is 275 Å². The summed E-state index contributed by atoms with van der Waals surface area (Å²) in [5, 5.41) is 57.1. The lowest BCUT2D eigenvalue weighted by Crippen LogP contribution is -2.42. The highest BCUT2D eigenvalue weighted by atomic mass is 16.6. The number of ether oxygens (including phenoxy) is 2. The first kappa shape index (κ1) is 43.7. The van der Waals surface area contributed by atoms with E-state index in [-0.39, 0.29) is 18.8 Å². The standard InChI is InChI=1S/C32H55NO14/c1-5-6-10-19(3)30(47-29(41)16-22(32(44)45)14-27(38)39)25(46-28(40)15-21(31(42)43)13-26(36)37)12-18(2)9-7-8-11-23(34)17-24(35)20(4)33/h18-25,30,34-35H,5-17,33H2,1-4H3,(H,36,37)(H,38,39)(H,42,43)(H,44,45). The lowest BCUT2D eigenvalue weighted by molar-refractivity contribution is -0.177. The van der Waals surface area contributed by atoms with Gasteiger partial charge in [0.2, 0.25) is 0 Å². The summed E-state index contributed by atoms with van der Waals surface area (Å²) in [6.07, 6.45) is -2.30. The first-order valence-electron chi connectivity index (χ1n) is 16.3. The first-order chi connectivity index (χ1) is 21.9. The molecule has 0 aromatic rings. The van der Waals surface area contributed by atoms with Crippen molar-refractivity contribution in [3.05, 3.63) is 0 Å². The molecule has 0 saturated carbocycles. The molecule has 0 aliphatic carbocycles. The predicted octanol–water partition coefficient (Wildman–Crippen LogP) is 2.81. The van der Waals surface area contributed by atoms with E-state index in [9.17, 15) is 49.2 Å². The van der Waals surface area contributed by atoms with Crippen LogP contribution in [0.15, 0.2) is 0 Å². The maximum atomic E-state index is 13.0. The number of aliphatic carboxylic acids is 4. The van der Waals surface area contributed by atoms with E-state index in [4.69, 9.17) is 25.4 Å². The second kappa shape index (κ2) is 23.1. The van der Waals surface area contributed by atoms with E-state index in [0.717, 1.165) is 6.42 Å². The van der Waals surface area contributed by atoms with Crippen molar-refractivity contribution in [2.75, 3.05) is 0 Å². The van der Waals surface area contributed by atoms with E-state index < -0.39 is 110 Å². The predicted molar refractivity (Wildman–Crippen MR) is 167 cm³/mol. The lowest BCUT2D eigenvalue weighted by atomic mass is 9.87. The molecule has 0 aromatic carbocycles. The van der Waals surface area contributed by atoms with Crippen molar-refractivity contribution in [3.8, 4) is 0 Å². The fourth-order valence-corrected chi connectivity index (χ4v) is 5.23. The Bertz CT molecular complexity index is 1000. The average molecular weight is 678 g/mol. The minimum atomic E-state index is -1.56. The van der Waals surface area contributed by atoms with Gasteiger partial charge in [-0.25, -0.2) is 0 Å². The summed E-state index contributed by atoms with van der Waals surface area (Å²) in [5.41, 5.74) is 5.65. The first-order valence-corrected chi connectivity index (χ1v) is 16.3. The number of carbonyl (C=O) groups is 6. The van der Waals surface area contributed by atoms with E-state index in [1.807, 2.05) is 13.8 Å². The van der Waals surface area contributed by atoms with Crippen LogP contribution in [0.1, 0.15) is 111 Å². The normalized spacial score (nSPS) is 17.2. The van der Waals surface area contributed by atoms with E-state index in [0.29, 0.717) is 38.5 Å². The van der Waals surface area contributed by atoms with Gasteiger partial charge in [-0.15, -0.1) is 0 Å². The zero-order chi connectivity index (χ0) is 36.3. The SMILES string of the molecule is CCCCC(C)C(OC(=O)CC(CC(=O)O)C(=O)O)C(CC(C)CCCCC(O)CC(O)C(C)N)OC(=O)CC(CC(=O)O)C(=O)O. The lowest BCUT2D eigenvalue weighted by Gasteiger charge is -2.33. The van der Waals surface area contributed by atoms with Crippen LogP contribution in [0.3, 0.4) is 0 Å². The Hall–Kier alpha value is -3.30. The van der Waals surface area contributed by atoms with Gasteiger partial charge in [0.15, 0.2) is 0 Å². The summed E-state index contributed by atoms with van der Waals surface area (Å²) < 4.78 is 11.4. The van der Waals surface area contributed by atoms with Crippen LogP contribution in [0.4, 0.5) is 0 Å². The van der Waals surface area contributed by atoms with Crippen LogP contribution in [0.5, 0.6) is 0 Å².